The van der Waals surface area contributed by atoms with Crippen LogP contribution < -0.4 is 0 Å². The standard InChI is InChI=1S/C39H66O4Si2/c1-28(18-15-16-20-36(40)41-10)33-23-24-34-30(19-17-25-39(33,34)9)21-22-31-26-32(42-44(11,12)37(3,4)5)27-35(29(31)2)43-45(13,14)38(6,7)8/h15-16,18,20-22,28,32-35H,2,17,19,23-27H2,1,3-14H3/b18-15+,20-16+,30-21+,31-22-/t28-,32+,33+,34-,35-,39+/m0/s1. The molecule has 0 N–H and O–H groups in total. The quantitative estimate of drug-likeness (QED) is 0.107. The lowest BCUT2D eigenvalue weighted by Gasteiger charge is -2.45. The maximum atomic E-state index is 11.5. The fraction of sp³-hybridized carbons (Fsp3) is 0.718. The fourth-order valence-corrected chi connectivity index (χ4v) is 10.2. The Morgan fingerprint density at radius 2 is 1.60 bits per heavy atom. The van der Waals surface area contributed by atoms with E-state index in [1.54, 1.807) is 11.6 Å². The summed E-state index contributed by atoms with van der Waals surface area (Å²) in [6.07, 6.45) is 20.6. The lowest BCUT2D eigenvalue weighted by Crippen LogP contribution is -2.49. The van der Waals surface area contributed by atoms with Crippen molar-refractivity contribution in [2.45, 2.75) is 149 Å². The number of allylic oxidation sites excluding steroid dienone is 6. The predicted molar refractivity (Wildman–Crippen MR) is 196 cm³/mol. The topological polar surface area (TPSA) is 44.8 Å². The monoisotopic (exact) mass is 654 g/mol. The molecule has 3 saturated carbocycles. The van der Waals surface area contributed by atoms with Crippen molar-refractivity contribution in [2.24, 2.45) is 23.2 Å². The Hall–Kier alpha value is -1.48. The second-order valence-electron chi connectivity index (χ2n) is 17.5. The summed E-state index contributed by atoms with van der Waals surface area (Å²) in [6.45, 7) is 33.0. The zero-order valence-corrected chi connectivity index (χ0v) is 33.1. The Balaban J connectivity index is 1.88. The molecule has 3 rings (SSSR count). The molecule has 0 heterocycles. The molecule has 0 aliphatic heterocycles. The lowest BCUT2D eigenvalue weighted by molar-refractivity contribution is -0.134. The van der Waals surface area contributed by atoms with Crippen molar-refractivity contribution >= 4 is 22.6 Å². The van der Waals surface area contributed by atoms with Crippen LogP contribution in [0.25, 0.3) is 0 Å². The summed E-state index contributed by atoms with van der Waals surface area (Å²) in [5.74, 6) is 1.40. The van der Waals surface area contributed by atoms with Gasteiger partial charge in [-0.1, -0.05) is 97.9 Å². The summed E-state index contributed by atoms with van der Waals surface area (Å²) in [5.41, 5.74) is 4.39. The van der Waals surface area contributed by atoms with Crippen LogP contribution in [0.2, 0.25) is 36.3 Å². The van der Waals surface area contributed by atoms with Crippen molar-refractivity contribution in [3.63, 3.8) is 0 Å². The second-order valence-corrected chi connectivity index (χ2v) is 27.0. The van der Waals surface area contributed by atoms with Crippen LogP contribution >= 0.6 is 0 Å². The average molecular weight is 655 g/mol. The summed E-state index contributed by atoms with van der Waals surface area (Å²) < 4.78 is 18.9. The van der Waals surface area contributed by atoms with Crippen molar-refractivity contribution in [1.82, 2.24) is 0 Å². The molecular weight excluding hydrogens is 589 g/mol. The third-order valence-corrected chi connectivity index (χ3v) is 21.4. The van der Waals surface area contributed by atoms with E-state index in [9.17, 15) is 4.79 Å². The van der Waals surface area contributed by atoms with Crippen molar-refractivity contribution in [1.29, 1.82) is 0 Å². The lowest BCUT2D eigenvalue weighted by atomic mass is 9.61. The van der Waals surface area contributed by atoms with Crippen LogP contribution in [0, 0.1) is 23.2 Å². The zero-order chi connectivity index (χ0) is 34.0. The molecule has 3 fully saturated rings. The van der Waals surface area contributed by atoms with Crippen LogP contribution in [0.1, 0.15) is 100 Å². The predicted octanol–water partition coefficient (Wildman–Crippen LogP) is 11.1. The van der Waals surface area contributed by atoms with Gasteiger partial charge < -0.3 is 13.6 Å². The number of esters is 1. The Morgan fingerprint density at radius 1 is 0.978 bits per heavy atom. The van der Waals surface area contributed by atoms with Gasteiger partial charge >= 0.3 is 5.97 Å². The number of hydrogen-bond donors (Lipinski definition) is 0. The molecule has 0 spiro atoms. The van der Waals surface area contributed by atoms with Gasteiger partial charge in [0.2, 0.25) is 0 Å². The van der Waals surface area contributed by atoms with Crippen molar-refractivity contribution in [3.05, 3.63) is 59.8 Å². The largest absolute Gasteiger partial charge is 0.466 e. The molecule has 4 nitrogen and oxygen atoms in total. The maximum Gasteiger partial charge on any atom is 0.330 e. The highest BCUT2D eigenvalue weighted by atomic mass is 28.4. The maximum absolute atomic E-state index is 11.5. The van der Waals surface area contributed by atoms with Crippen LogP contribution in [-0.2, 0) is 18.4 Å². The molecule has 0 bridgehead atoms. The van der Waals surface area contributed by atoms with E-state index < -0.39 is 16.6 Å². The fourth-order valence-electron chi connectivity index (χ4n) is 7.48. The summed E-state index contributed by atoms with van der Waals surface area (Å²) in [5, 5.41) is 0.306. The first-order valence-electron chi connectivity index (χ1n) is 17.5. The first-order chi connectivity index (χ1) is 20.6. The van der Waals surface area contributed by atoms with Gasteiger partial charge in [0.05, 0.1) is 19.3 Å². The third-order valence-electron chi connectivity index (χ3n) is 12.4. The Morgan fingerprint density at radius 3 is 2.20 bits per heavy atom. The molecule has 0 aromatic carbocycles. The van der Waals surface area contributed by atoms with Crippen LogP contribution in [0.15, 0.2) is 59.8 Å². The minimum Gasteiger partial charge on any atom is -0.466 e. The van der Waals surface area contributed by atoms with Crippen LogP contribution in [0.3, 0.4) is 0 Å². The van der Waals surface area contributed by atoms with E-state index in [1.807, 2.05) is 6.08 Å². The SMILES string of the molecule is C=C1/C(=C\C=C2/CCC[C@]3(C)[C@@H]([C@@H](C)/C=C/C=C/C(=O)OC)CC[C@@H]23)C[C@@H](O[Si](C)(C)C(C)(C)C)C[C@@H]1O[Si](C)(C)C(C)(C)C. The van der Waals surface area contributed by atoms with Gasteiger partial charge in [0.1, 0.15) is 0 Å². The first-order valence-corrected chi connectivity index (χ1v) is 23.3. The molecule has 45 heavy (non-hydrogen) atoms. The van der Waals surface area contributed by atoms with Crippen molar-refractivity contribution in [3.8, 4) is 0 Å². The number of rotatable bonds is 9. The highest BCUT2D eigenvalue weighted by Crippen LogP contribution is 2.59. The van der Waals surface area contributed by atoms with Gasteiger partial charge in [0, 0.05) is 12.5 Å². The third kappa shape index (κ3) is 8.91. The van der Waals surface area contributed by atoms with Crippen LogP contribution in [0.4, 0.5) is 0 Å². The number of ether oxygens (including phenoxy) is 1. The second kappa shape index (κ2) is 14.3. The molecule has 3 aliphatic rings. The summed E-state index contributed by atoms with van der Waals surface area (Å²) >= 11 is 0. The van der Waals surface area contributed by atoms with E-state index in [4.69, 9.17) is 13.6 Å². The molecule has 0 aromatic rings. The summed E-state index contributed by atoms with van der Waals surface area (Å²) in [4.78, 5) is 11.5. The molecule has 0 saturated heterocycles. The number of fused-ring (bicyclic) bond motifs is 1. The Kier molecular flexibility index (Phi) is 12.1. The van der Waals surface area contributed by atoms with E-state index in [1.165, 1.54) is 50.9 Å². The van der Waals surface area contributed by atoms with Gasteiger partial charge in [-0.25, -0.2) is 4.79 Å². The molecule has 0 radical (unpaired) electrons. The number of hydrogen-bond acceptors (Lipinski definition) is 4. The van der Waals surface area contributed by atoms with Gasteiger partial charge in [-0.15, -0.1) is 0 Å². The van der Waals surface area contributed by atoms with Crippen LogP contribution in [0.5, 0.6) is 0 Å². The Labute approximate surface area is 279 Å². The molecule has 6 heteroatoms. The highest BCUT2D eigenvalue weighted by molar-refractivity contribution is 6.74. The summed E-state index contributed by atoms with van der Waals surface area (Å²) in [7, 11) is -2.52. The van der Waals surface area contributed by atoms with Gasteiger partial charge in [-0.3, -0.25) is 0 Å². The molecule has 254 valence electrons. The van der Waals surface area contributed by atoms with E-state index in [-0.39, 0.29) is 28.3 Å². The molecule has 0 amide bonds. The normalized spacial score (nSPS) is 31.3. The van der Waals surface area contributed by atoms with E-state index in [2.05, 4.69) is 106 Å². The van der Waals surface area contributed by atoms with Gasteiger partial charge in [0.15, 0.2) is 16.6 Å². The Bertz CT molecular complexity index is 1190. The van der Waals surface area contributed by atoms with Crippen molar-refractivity contribution < 1.29 is 18.4 Å². The minimum absolute atomic E-state index is 0.00686. The molecule has 3 aliphatic carbocycles. The molecular formula is C39H66O4Si2. The molecule has 0 unspecified atom stereocenters. The van der Waals surface area contributed by atoms with Gasteiger partial charge in [-0.2, -0.15) is 0 Å². The number of methoxy groups -OCH3 is 1. The van der Waals surface area contributed by atoms with E-state index >= 15 is 0 Å². The first kappa shape index (κ1) is 38.0. The van der Waals surface area contributed by atoms with Crippen LogP contribution in [-0.4, -0.2) is 41.9 Å². The van der Waals surface area contributed by atoms with E-state index in [0.717, 1.165) is 18.4 Å². The zero-order valence-electron chi connectivity index (χ0n) is 31.1. The summed E-state index contributed by atoms with van der Waals surface area (Å²) in [6, 6.07) is 0. The number of carbonyl (C=O) groups is 1. The average Bonchev–Trinajstić information content (AvgIpc) is 3.27. The molecule has 0 aromatic heterocycles. The smallest absolute Gasteiger partial charge is 0.330 e. The molecule has 6 atom stereocenters. The number of carbonyl (C=O) groups excluding carboxylic acids is 1. The van der Waals surface area contributed by atoms with Gasteiger partial charge in [0.25, 0.3) is 0 Å². The van der Waals surface area contributed by atoms with Crippen molar-refractivity contribution in [2.75, 3.05) is 7.11 Å². The van der Waals surface area contributed by atoms with Gasteiger partial charge in [-0.05, 0) is 109 Å². The highest BCUT2D eigenvalue weighted by Gasteiger charge is 2.50. The van der Waals surface area contributed by atoms with E-state index in [0.29, 0.717) is 23.2 Å². The minimum atomic E-state index is -1.99.